The first-order valence-electron chi connectivity index (χ1n) is 10.4. The Balaban J connectivity index is 2.15. The summed E-state index contributed by atoms with van der Waals surface area (Å²) in [5, 5.41) is 0. The topological polar surface area (TPSA) is 3.24 Å². The molecular formula is C21H38Cl2FNRu. The molecule has 0 amide bonds. The van der Waals surface area contributed by atoms with Gasteiger partial charge in [0.25, 0.3) is 0 Å². The average molecular weight is 496 g/mol. The summed E-state index contributed by atoms with van der Waals surface area (Å²) in [6, 6.07) is 0.646. The normalized spacial score (nSPS) is 36.7. The molecule has 2 rings (SSSR count). The average Bonchev–Trinajstić information content (AvgIpc) is 2.55. The summed E-state index contributed by atoms with van der Waals surface area (Å²) < 4.78 is 16.1. The van der Waals surface area contributed by atoms with E-state index in [1.165, 1.54) is 19.3 Å². The molecule has 0 N–H and O–H groups in total. The Kier molecular flexibility index (Phi) is 9.53. The quantitative estimate of drug-likeness (QED) is 0.381. The van der Waals surface area contributed by atoms with Crippen LogP contribution in [-0.4, -0.2) is 35.3 Å². The number of halogens is 3. The second kappa shape index (κ2) is 10.7. The third kappa shape index (κ3) is 6.23. The van der Waals surface area contributed by atoms with Gasteiger partial charge < -0.3 is 0 Å². The van der Waals surface area contributed by atoms with Crippen molar-refractivity contribution in [2.24, 2.45) is 35.5 Å². The van der Waals surface area contributed by atoms with Crippen LogP contribution in [0.1, 0.15) is 66.2 Å². The SMILES string of the molecule is CC(C)C1CCCC(C(C)C)C1N(C)CC1CCC(F)CC1[CH]=[Ru]([Cl])[Cl]. The molecule has 0 heterocycles. The zero-order valence-corrected chi connectivity index (χ0v) is 20.3. The Morgan fingerprint density at radius 3 is 2.12 bits per heavy atom. The van der Waals surface area contributed by atoms with Crippen LogP contribution in [0.2, 0.25) is 0 Å². The molecule has 0 bridgehead atoms. The Labute approximate surface area is 173 Å². The van der Waals surface area contributed by atoms with E-state index in [9.17, 15) is 4.39 Å². The van der Waals surface area contributed by atoms with Crippen LogP contribution in [0.15, 0.2) is 0 Å². The summed E-state index contributed by atoms with van der Waals surface area (Å²) in [7, 11) is 14.6. The van der Waals surface area contributed by atoms with E-state index in [1.807, 2.05) is 0 Å². The molecule has 0 spiro atoms. The first kappa shape index (κ1) is 23.2. The van der Waals surface area contributed by atoms with Crippen molar-refractivity contribution in [2.45, 2.75) is 78.4 Å². The summed E-state index contributed by atoms with van der Waals surface area (Å²) >= 11 is -1.85. The minimum absolute atomic E-state index is 0.258. The van der Waals surface area contributed by atoms with Gasteiger partial charge in [0, 0.05) is 0 Å². The van der Waals surface area contributed by atoms with Crippen molar-refractivity contribution in [1.29, 1.82) is 0 Å². The second-order valence-corrected chi connectivity index (χ2v) is 15.1. The van der Waals surface area contributed by atoms with Crippen molar-refractivity contribution < 1.29 is 17.9 Å². The third-order valence-electron chi connectivity index (χ3n) is 6.92. The molecule has 156 valence electrons. The molecule has 5 atom stereocenters. The van der Waals surface area contributed by atoms with Crippen molar-refractivity contribution in [3.63, 3.8) is 0 Å². The van der Waals surface area contributed by atoms with Crippen molar-refractivity contribution in [2.75, 3.05) is 13.6 Å². The molecule has 2 saturated carbocycles. The Morgan fingerprint density at radius 1 is 1.04 bits per heavy atom. The standard InChI is InChI=1S/C21H38FN.2ClH.Ru/c1-14(2)19-8-7-9-20(15(3)4)21(19)23(6)13-17-10-11-18(22)12-16(17)5;;;/h5,14-21H,7-13H2,1-4,6H3;2*1H;/q;;;+2/p-2. The third-order valence-corrected chi connectivity index (χ3v) is 9.16. The van der Waals surface area contributed by atoms with Gasteiger partial charge >= 0.3 is 174 Å². The summed E-state index contributed by atoms with van der Waals surface area (Å²) in [5.41, 5.74) is 0. The zero-order chi connectivity index (χ0) is 19.4. The second-order valence-electron chi connectivity index (χ2n) is 9.33. The fourth-order valence-corrected chi connectivity index (χ4v) is 8.18. The molecule has 0 aromatic rings. The van der Waals surface area contributed by atoms with Crippen LogP contribution in [0, 0.1) is 35.5 Å². The summed E-state index contributed by atoms with van der Waals surface area (Å²) in [6.45, 7) is 10.6. The van der Waals surface area contributed by atoms with Gasteiger partial charge in [0.1, 0.15) is 0 Å². The van der Waals surface area contributed by atoms with Crippen LogP contribution in [0.5, 0.6) is 0 Å². The number of hydrogen-bond donors (Lipinski definition) is 0. The molecule has 5 heteroatoms. The Morgan fingerprint density at radius 2 is 1.62 bits per heavy atom. The van der Waals surface area contributed by atoms with Crippen molar-refractivity contribution in [1.82, 2.24) is 4.90 Å². The van der Waals surface area contributed by atoms with Crippen molar-refractivity contribution in [3.8, 4) is 0 Å². The molecule has 2 fully saturated rings. The molecule has 0 aliphatic heterocycles. The molecule has 5 unspecified atom stereocenters. The van der Waals surface area contributed by atoms with Gasteiger partial charge in [-0.05, 0) is 0 Å². The van der Waals surface area contributed by atoms with Gasteiger partial charge in [0.15, 0.2) is 0 Å². The molecule has 2 aliphatic carbocycles. The van der Waals surface area contributed by atoms with E-state index in [-0.39, 0.29) is 5.92 Å². The molecule has 2 aliphatic rings. The number of alkyl halides is 1. The predicted octanol–water partition coefficient (Wildman–Crippen LogP) is 6.50. The number of nitrogens with zero attached hydrogens (tertiary/aromatic N) is 1. The molecule has 26 heavy (non-hydrogen) atoms. The van der Waals surface area contributed by atoms with Crippen LogP contribution in [-0.2, 0) is 13.5 Å². The monoisotopic (exact) mass is 495 g/mol. The van der Waals surface area contributed by atoms with Gasteiger partial charge in [-0.25, -0.2) is 0 Å². The fourth-order valence-electron chi connectivity index (χ4n) is 5.55. The Hall–Kier alpha value is 0.963. The van der Waals surface area contributed by atoms with E-state index in [2.05, 4.69) is 44.3 Å². The summed E-state index contributed by atoms with van der Waals surface area (Å²) in [4.78, 5) is 2.64. The zero-order valence-electron chi connectivity index (χ0n) is 17.1. The molecule has 0 radical (unpaired) electrons. The molecular weight excluding hydrogens is 457 g/mol. The van der Waals surface area contributed by atoms with E-state index in [0.717, 1.165) is 36.6 Å². The van der Waals surface area contributed by atoms with Gasteiger partial charge in [0.05, 0.1) is 0 Å². The van der Waals surface area contributed by atoms with Gasteiger partial charge in [-0.1, -0.05) is 0 Å². The van der Waals surface area contributed by atoms with E-state index in [1.54, 1.807) is 0 Å². The Bertz CT molecular complexity index is 451. The first-order valence-corrected chi connectivity index (χ1v) is 15.9. The summed E-state index contributed by atoms with van der Waals surface area (Å²) in [6.07, 6.45) is 5.67. The molecule has 0 saturated heterocycles. The maximum atomic E-state index is 14.0. The van der Waals surface area contributed by atoms with E-state index in [4.69, 9.17) is 19.4 Å². The fraction of sp³-hybridized carbons (Fsp3) is 0.952. The van der Waals surface area contributed by atoms with Gasteiger partial charge in [-0.2, -0.15) is 0 Å². The van der Waals surface area contributed by atoms with Gasteiger partial charge in [-0.15, -0.1) is 0 Å². The number of rotatable bonds is 6. The number of hydrogen-bond acceptors (Lipinski definition) is 1. The maximum absolute atomic E-state index is 14.0. The molecule has 0 aromatic carbocycles. The molecule has 1 nitrogen and oxygen atoms in total. The van der Waals surface area contributed by atoms with Crippen LogP contribution in [0.3, 0.4) is 0 Å². The van der Waals surface area contributed by atoms with Gasteiger partial charge in [-0.3, -0.25) is 0 Å². The van der Waals surface area contributed by atoms with Crippen LogP contribution in [0.4, 0.5) is 4.39 Å². The van der Waals surface area contributed by atoms with E-state index < -0.39 is 19.7 Å². The minimum atomic E-state index is -1.85. The first-order chi connectivity index (χ1) is 12.2. The molecule has 0 aromatic heterocycles. The van der Waals surface area contributed by atoms with E-state index in [0.29, 0.717) is 24.8 Å². The van der Waals surface area contributed by atoms with Crippen LogP contribution in [0.25, 0.3) is 0 Å². The van der Waals surface area contributed by atoms with Crippen LogP contribution < -0.4 is 0 Å². The van der Waals surface area contributed by atoms with Crippen molar-refractivity contribution >= 4 is 24.0 Å². The summed E-state index contributed by atoms with van der Waals surface area (Å²) in [5.74, 6) is 3.73. The van der Waals surface area contributed by atoms with E-state index >= 15 is 0 Å². The van der Waals surface area contributed by atoms with Crippen molar-refractivity contribution in [3.05, 3.63) is 0 Å². The van der Waals surface area contributed by atoms with Crippen LogP contribution >= 0.6 is 19.4 Å². The predicted molar refractivity (Wildman–Crippen MR) is 110 cm³/mol. The van der Waals surface area contributed by atoms with Gasteiger partial charge in [0.2, 0.25) is 0 Å².